The molecule has 0 spiro atoms. The lowest BCUT2D eigenvalue weighted by Crippen LogP contribution is -2.47. The Hall–Kier alpha value is 0.250. The summed E-state index contributed by atoms with van der Waals surface area (Å²) in [5.41, 5.74) is 0. The standard InChI is InChI=1S/C17H37ClN/c1-4-6-8-10-12-15-19(3,17-14-18)16-13-11-9-7-5-2/h4-17H2,1-3H3/q+1. The van der Waals surface area contributed by atoms with Crippen LogP contribution in [0.3, 0.4) is 0 Å². The Balaban J connectivity index is 3.76. The van der Waals surface area contributed by atoms with Crippen LogP contribution < -0.4 is 0 Å². The van der Waals surface area contributed by atoms with Crippen molar-refractivity contribution in [2.75, 3.05) is 32.6 Å². The largest absolute Gasteiger partial charge is 0.325 e. The Labute approximate surface area is 127 Å². The highest BCUT2D eigenvalue weighted by Gasteiger charge is 2.19. The molecule has 0 saturated heterocycles. The Morgan fingerprint density at radius 2 is 1.05 bits per heavy atom. The molecule has 0 amide bonds. The first-order valence-electron chi connectivity index (χ1n) is 8.58. The number of halogens is 1. The Morgan fingerprint density at radius 1 is 0.632 bits per heavy atom. The minimum absolute atomic E-state index is 0.806. The van der Waals surface area contributed by atoms with Gasteiger partial charge in [-0.2, -0.15) is 0 Å². The number of hydrogen-bond donors (Lipinski definition) is 0. The molecule has 0 N–H and O–H groups in total. The van der Waals surface area contributed by atoms with Crippen molar-refractivity contribution in [3.8, 4) is 0 Å². The van der Waals surface area contributed by atoms with Gasteiger partial charge in [0.2, 0.25) is 0 Å². The van der Waals surface area contributed by atoms with Crippen LogP contribution in [0, 0.1) is 0 Å². The second kappa shape index (κ2) is 13.2. The molecule has 0 rings (SSSR count). The molecular formula is C17H37ClN+. The average Bonchev–Trinajstić information content (AvgIpc) is 2.39. The predicted octanol–water partition coefficient (Wildman–Crippen LogP) is 5.61. The maximum Gasteiger partial charge on any atom is 0.0922 e. The quantitative estimate of drug-likeness (QED) is 0.221. The third-order valence-corrected chi connectivity index (χ3v) is 4.40. The molecule has 0 bridgehead atoms. The number of nitrogens with zero attached hydrogens (tertiary/aromatic N) is 1. The van der Waals surface area contributed by atoms with Gasteiger partial charge < -0.3 is 4.48 Å². The van der Waals surface area contributed by atoms with Gasteiger partial charge in [0.25, 0.3) is 0 Å². The third-order valence-electron chi connectivity index (χ3n) is 4.23. The highest BCUT2D eigenvalue weighted by molar-refractivity contribution is 6.17. The molecule has 0 aromatic heterocycles. The van der Waals surface area contributed by atoms with Crippen molar-refractivity contribution in [2.24, 2.45) is 0 Å². The van der Waals surface area contributed by atoms with Crippen LogP contribution in [0.15, 0.2) is 0 Å². The van der Waals surface area contributed by atoms with Gasteiger partial charge in [-0.15, -0.1) is 11.6 Å². The lowest BCUT2D eigenvalue weighted by Gasteiger charge is -2.34. The van der Waals surface area contributed by atoms with Crippen molar-refractivity contribution < 1.29 is 4.48 Å². The van der Waals surface area contributed by atoms with Crippen molar-refractivity contribution >= 4 is 11.6 Å². The predicted molar refractivity (Wildman–Crippen MR) is 89.0 cm³/mol. The molecule has 2 heteroatoms. The van der Waals surface area contributed by atoms with E-state index >= 15 is 0 Å². The monoisotopic (exact) mass is 290 g/mol. The van der Waals surface area contributed by atoms with E-state index in [4.69, 9.17) is 11.6 Å². The normalized spacial score (nSPS) is 12.0. The van der Waals surface area contributed by atoms with Gasteiger partial charge >= 0.3 is 0 Å². The molecule has 0 fully saturated rings. The lowest BCUT2D eigenvalue weighted by molar-refractivity contribution is -0.907. The Kier molecular flexibility index (Phi) is 13.4. The third kappa shape index (κ3) is 11.8. The number of quaternary nitrogens is 1. The molecule has 0 aliphatic carbocycles. The fourth-order valence-corrected chi connectivity index (χ4v) is 3.14. The van der Waals surface area contributed by atoms with Gasteiger partial charge in [0, 0.05) is 0 Å². The molecule has 0 radical (unpaired) electrons. The summed E-state index contributed by atoms with van der Waals surface area (Å²) in [5, 5.41) is 0. The van der Waals surface area contributed by atoms with Gasteiger partial charge in [0.15, 0.2) is 0 Å². The van der Waals surface area contributed by atoms with Gasteiger partial charge in [0.05, 0.1) is 32.6 Å². The summed E-state index contributed by atoms with van der Waals surface area (Å²) >= 11 is 6.00. The molecule has 0 aromatic carbocycles. The first kappa shape index (κ1) is 19.2. The number of unbranched alkanes of at least 4 members (excludes halogenated alkanes) is 8. The summed E-state index contributed by atoms with van der Waals surface area (Å²) in [6.45, 7) is 8.35. The average molecular weight is 291 g/mol. The van der Waals surface area contributed by atoms with E-state index in [0.29, 0.717) is 0 Å². The van der Waals surface area contributed by atoms with E-state index in [1.54, 1.807) is 0 Å². The molecule has 0 saturated carbocycles. The van der Waals surface area contributed by atoms with Crippen LogP contribution in [0.2, 0.25) is 0 Å². The van der Waals surface area contributed by atoms with Crippen LogP contribution in [-0.2, 0) is 0 Å². The molecule has 0 unspecified atom stereocenters. The molecule has 1 nitrogen and oxygen atoms in total. The summed E-state index contributed by atoms with van der Waals surface area (Å²) in [4.78, 5) is 0. The Bertz CT molecular complexity index is 168. The van der Waals surface area contributed by atoms with Gasteiger partial charge in [0.1, 0.15) is 0 Å². The van der Waals surface area contributed by atoms with Crippen molar-refractivity contribution in [1.82, 2.24) is 0 Å². The summed E-state index contributed by atoms with van der Waals surface area (Å²) in [5.74, 6) is 0.806. The zero-order valence-electron chi connectivity index (χ0n) is 13.7. The van der Waals surface area contributed by atoms with Crippen LogP contribution in [0.1, 0.15) is 78.1 Å². The van der Waals surface area contributed by atoms with Crippen molar-refractivity contribution in [3.63, 3.8) is 0 Å². The van der Waals surface area contributed by atoms with Crippen LogP contribution in [-0.4, -0.2) is 37.0 Å². The minimum Gasteiger partial charge on any atom is -0.325 e. The molecule has 0 atom stereocenters. The van der Waals surface area contributed by atoms with E-state index in [1.165, 1.54) is 81.8 Å². The lowest BCUT2D eigenvalue weighted by atomic mass is 10.1. The highest BCUT2D eigenvalue weighted by Crippen LogP contribution is 2.13. The fraction of sp³-hybridized carbons (Fsp3) is 1.00. The van der Waals surface area contributed by atoms with E-state index in [9.17, 15) is 0 Å². The maximum absolute atomic E-state index is 6.00. The molecule has 116 valence electrons. The molecule has 0 aliphatic rings. The summed E-state index contributed by atoms with van der Waals surface area (Å²) in [6.07, 6.45) is 13.9. The molecule has 0 heterocycles. The summed E-state index contributed by atoms with van der Waals surface area (Å²) in [7, 11) is 2.40. The van der Waals surface area contributed by atoms with E-state index in [1.807, 2.05) is 0 Å². The number of alkyl halides is 1. The van der Waals surface area contributed by atoms with E-state index in [0.717, 1.165) is 12.4 Å². The van der Waals surface area contributed by atoms with E-state index in [-0.39, 0.29) is 0 Å². The molecule has 19 heavy (non-hydrogen) atoms. The molecule has 0 aliphatic heterocycles. The van der Waals surface area contributed by atoms with Crippen molar-refractivity contribution in [1.29, 1.82) is 0 Å². The topological polar surface area (TPSA) is 0 Å². The number of rotatable bonds is 14. The first-order valence-corrected chi connectivity index (χ1v) is 9.11. The second-order valence-corrected chi connectivity index (χ2v) is 6.69. The van der Waals surface area contributed by atoms with Crippen LogP contribution >= 0.6 is 11.6 Å². The first-order chi connectivity index (χ1) is 9.18. The van der Waals surface area contributed by atoms with Crippen molar-refractivity contribution in [2.45, 2.75) is 78.1 Å². The van der Waals surface area contributed by atoms with Crippen LogP contribution in [0.4, 0.5) is 0 Å². The smallest absolute Gasteiger partial charge is 0.0922 e. The van der Waals surface area contributed by atoms with E-state index in [2.05, 4.69) is 20.9 Å². The highest BCUT2D eigenvalue weighted by atomic mass is 35.5. The summed E-state index contributed by atoms with van der Waals surface area (Å²) in [6, 6.07) is 0. The van der Waals surface area contributed by atoms with Gasteiger partial charge in [-0.3, -0.25) is 0 Å². The Morgan fingerprint density at radius 3 is 1.42 bits per heavy atom. The van der Waals surface area contributed by atoms with Gasteiger partial charge in [-0.05, 0) is 25.7 Å². The number of hydrogen-bond acceptors (Lipinski definition) is 0. The molecule has 0 aromatic rings. The fourth-order valence-electron chi connectivity index (χ4n) is 2.73. The van der Waals surface area contributed by atoms with Crippen LogP contribution in [0.5, 0.6) is 0 Å². The molecular weight excluding hydrogens is 254 g/mol. The van der Waals surface area contributed by atoms with Gasteiger partial charge in [-0.1, -0.05) is 52.4 Å². The second-order valence-electron chi connectivity index (χ2n) is 6.31. The SMILES string of the molecule is CCCCCCC[N+](C)(CCCl)CCCCCCC. The van der Waals surface area contributed by atoms with Crippen LogP contribution in [0.25, 0.3) is 0 Å². The summed E-state index contributed by atoms with van der Waals surface area (Å²) < 4.78 is 1.20. The minimum atomic E-state index is 0.806. The van der Waals surface area contributed by atoms with E-state index < -0.39 is 0 Å². The zero-order valence-corrected chi connectivity index (χ0v) is 14.5. The maximum atomic E-state index is 6.00. The van der Waals surface area contributed by atoms with Crippen molar-refractivity contribution in [3.05, 3.63) is 0 Å². The van der Waals surface area contributed by atoms with Gasteiger partial charge in [-0.25, -0.2) is 0 Å². The zero-order chi connectivity index (χ0) is 14.4.